The minimum Gasteiger partial charge on any atom is -0.387 e. The largest absolute Gasteiger partial charge is 0.481 e. The number of aromatic amines is 1. The van der Waals surface area contributed by atoms with Gasteiger partial charge < -0.3 is 35.4 Å². The predicted octanol–water partition coefficient (Wildman–Crippen LogP) is -1.89. The molecule has 0 radical (unpaired) electrons. The van der Waals surface area contributed by atoms with Gasteiger partial charge in [0.15, 0.2) is 16.9 Å². The van der Waals surface area contributed by atoms with Crippen LogP contribution < -0.4 is 11.3 Å². The molecule has 0 aliphatic carbocycles. The van der Waals surface area contributed by atoms with E-state index in [0.29, 0.717) is 0 Å². The van der Waals surface area contributed by atoms with Crippen molar-refractivity contribution in [2.45, 2.75) is 37.4 Å². The molecule has 3 heterocycles. The van der Waals surface area contributed by atoms with Crippen molar-refractivity contribution in [3.05, 3.63) is 16.7 Å². The normalized spacial score (nSPS) is 29.3. The minimum absolute atomic E-state index is 0.0112. The molecule has 8 N–H and O–H groups in total. The van der Waals surface area contributed by atoms with Crippen LogP contribution in [0.5, 0.6) is 0 Å². The molecule has 2 aromatic rings. The number of hydrogen-bond acceptors (Lipinski definition) is 11. The number of phosphoric acid groups is 2. The van der Waals surface area contributed by atoms with E-state index in [1.165, 1.54) is 4.57 Å². The molecule has 1 unspecified atom stereocenters. The van der Waals surface area contributed by atoms with Crippen LogP contribution in [0.2, 0.25) is 0 Å². The lowest BCUT2D eigenvalue weighted by atomic mass is 10.00. The van der Waals surface area contributed by atoms with E-state index >= 15 is 0 Å². The van der Waals surface area contributed by atoms with Crippen molar-refractivity contribution in [2.24, 2.45) is 0 Å². The molecule has 168 valence electrons. The zero-order valence-corrected chi connectivity index (χ0v) is 17.0. The van der Waals surface area contributed by atoms with Crippen molar-refractivity contribution in [1.82, 2.24) is 19.5 Å². The fourth-order valence-electron chi connectivity index (χ4n) is 3.20. The van der Waals surface area contributed by atoms with E-state index in [4.69, 9.17) is 20.3 Å². The number of anilines is 1. The van der Waals surface area contributed by atoms with E-state index in [0.717, 1.165) is 6.33 Å². The summed E-state index contributed by atoms with van der Waals surface area (Å²) in [6.45, 7) is 0.700. The van der Waals surface area contributed by atoms with Gasteiger partial charge in [-0.1, -0.05) is 6.92 Å². The number of aliphatic hydroxyl groups excluding tert-OH is 2. The Labute approximate surface area is 167 Å². The maximum Gasteiger partial charge on any atom is 0.481 e. The number of rotatable bonds is 7. The summed E-state index contributed by atoms with van der Waals surface area (Å²) in [6.07, 6.45) is -3.59. The zero-order valence-electron chi connectivity index (χ0n) is 15.2. The topological polar surface area (TPSA) is 253 Å². The number of imidazole rings is 1. The monoisotopic (exact) mass is 471 g/mol. The lowest BCUT2D eigenvalue weighted by molar-refractivity contribution is -0.147. The van der Waals surface area contributed by atoms with Gasteiger partial charge in [-0.25, -0.2) is 14.1 Å². The van der Waals surface area contributed by atoms with Crippen LogP contribution in [-0.4, -0.2) is 69.3 Å². The van der Waals surface area contributed by atoms with Crippen molar-refractivity contribution < 1.29 is 47.6 Å². The molecule has 1 saturated heterocycles. The van der Waals surface area contributed by atoms with Crippen molar-refractivity contribution in [3.63, 3.8) is 0 Å². The van der Waals surface area contributed by atoms with E-state index in [9.17, 15) is 29.0 Å². The van der Waals surface area contributed by atoms with Crippen LogP contribution in [0.3, 0.4) is 0 Å². The van der Waals surface area contributed by atoms with Crippen LogP contribution in [0.15, 0.2) is 11.1 Å². The number of hydrogen-bond donors (Lipinski definition) is 7. The number of ether oxygens (including phenoxy) is 1. The van der Waals surface area contributed by atoms with Crippen LogP contribution in [0, 0.1) is 0 Å². The Balaban J connectivity index is 1.92. The Morgan fingerprint density at radius 1 is 1.37 bits per heavy atom. The highest BCUT2D eigenvalue weighted by molar-refractivity contribution is 7.60. The summed E-state index contributed by atoms with van der Waals surface area (Å²) < 4.78 is 37.4. The second-order valence-electron chi connectivity index (χ2n) is 6.36. The van der Waals surface area contributed by atoms with Gasteiger partial charge in [-0.15, -0.1) is 0 Å². The molecule has 1 fully saturated rings. The summed E-state index contributed by atoms with van der Waals surface area (Å²) >= 11 is 0. The number of fused-ring (bicyclic) bond motifs is 1. The molecule has 3 rings (SSSR count). The third-order valence-corrected chi connectivity index (χ3v) is 6.62. The first-order chi connectivity index (χ1) is 13.8. The Bertz CT molecular complexity index is 1100. The van der Waals surface area contributed by atoms with Gasteiger partial charge in [-0.2, -0.15) is 9.29 Å². The van der Waals surface area contributed by atoms with E-state index < -0.39 is 51.8 Å². The van der Waals surface area contributed by atoms with E-state index in [1.54, 1.807) is 6.92 Å². The highest BCUT2D eigenvalue weighted by Crippen LogP contribution is 2.57. The second-order valence-corrected chi connectivity index (χ2v) is 9.19. The maximum atomic E-state index is 12.0. The quantitative estimate of drug-likeness (QED) is 0.218. The average molecular weight is 471 g/mol. The lowest BCUT2D eigenvalue weighted by Crippen LogP contribution is -2.45. The Morgan fingerprint density at radius 2 is 2.03 bits per heavy atom. The second kappa shape index (κ2) is 7.76. The van der Waals surface area contributed by atoms with Gasteiger partial charge in [0.25, 0.3) is 5.56 Å². The number of nitrogens with two attached hydrogens (primary N) is 1. The predicted molar refractivity (Wildman–Crippen MR) is 96.6 cm³/mol. The molecular weight excluding hydrogens is 452 g/mol. The average Bonchev–Trinajstić information content (AvgIpc) is 3.13. The molecule has 0 aromatic carbocycles. The van der Waals surface area contributed by atoms with E-state index in [2.05, 4.69) is 23.8 Å². The number of aliphatic hydroxyl groups is 2. The summed E-state index contributed by atoms with van der Waals surface area (Å²) in [7, 11) is -10.5. The van der Waals surface area contributed by atoms with Crippen molar-refractivity contribution >= 4 is 32.8 Å². The molecule has 1 aliphatic rings. The van der Waals surface area contributed by atoms with Crippen LogP contribution in [0.25, 0.3) is 11.2 Å². The maximum absolute atomic E-state index is 12.0. The molecule has 1 aliphatic heterocycles. The summed E-state index contributed by atoms with van der Waals surface area (Å²) in [6, 6.07) is 0. The molecule has 30 heavy (non-hydrogen) atoms. The zero-order chi connectivity index (χ0) is 22.5. The number of aromatic nitrogens is 4. The van der Waals surface area contributed by atoms with Gasteiger partial charge in [0.1, 0.15) is 18.3 Å². The molecule has 18 heteroatoms. The van der Waals surface area contributed by atoms with Crippen LogP contribution >= 0.6 is 15.6 Å². The molecule has 2 aromatic heterocycles. The van der Waals surface area contributed by atoms with Crippen LogP contribution in [0.4, 0.5) is 5.95 Å². The molecular formula is C12H19N5O11P2. The molecule has 0 saturated carbocycles. The number of nitrogens with one attached hydrogen (secondary N) is 1. The lowest BCUT2D eigenvalue weighted by Gasteiger charge is -2.32. The smallest absolute Gasteiger partial charge is 0.387 e. The fourth-order valence-corrected chi connectivity index (χ4v) is 4.79. The molecule has 0 spiro atoms. The van der Waals surface area contributed by atoms with Crippen molar-refractivity contribution in [3.8, 4) is 0 Å². The first-order valence-corrected chi connectivity index (χ1v) is 11.3. The molecule has 5 atom stereocenters. The standard InChI is InChI=1S/C12H19N5O11P2/c1-2-12(17-4-14-6-9(17)15-11(13)16-10(6)20)8(19)7(18)5(27-12)3-26-30(24,25)28-29(21,22)23/h4-5,7-8,18-19H,2-3H2,1H3,(H,24,25)(H2,21,22,23)(H3,13,15,16,20)/t5-,7-,8-,12-/m1/s1. The van der Waals surface area contributed by atoms with Crippen molar-refractivity contribution in [2.75, 3.05) is 12.3 Å². The molecule has 0 amide bonds. The SMILES string of the molecule is CC[C@@]1(n2cnc3c(=O)[nH]c(N)nc32)O[C@H](COP(=O)(O)OP(=O)(O)O)[C@@H](O)[C@H]1O. The van der Waals surface area contributed by atoms with Gasteiger partial charge in [0.2, 0.25) is 5.95 Å². The summed E-state index contributed by atoms with van der Waals surface area (Å²) in [4.78, 5) is 48.8. The van der Waals surface area contributed by atoms with Crippen LogP contribution in [-0.2, 0) is 28.4 Å². The van der Waals surface area contributed by atoms with Crippen LogP contribution in [0.1, 0.15) is 13.3 Å². The van der Waals surface area contributed by atoms with Crippen molar-refractivity contribution in [1.29, 1.82) is 0 Å². The third-order valence-electron chi connectivity index (χ3n) is 4.47. The third kappa shape index (κ3) is 4.20. The molecule has 0 bridgehead atoms. The van der Waals surface area contributed by atoms with Gasteiger partial charge in [0.05, 0.1) is 12.9 Å². The number of nitrogens with zero attached hydrogens (tertiary/aromatic N) is 3. The number of phosphoric ester groups is 1. The number of H-pyrrole nitrogens is 1. The summed E-state index contributed by atoms with van der Waals surface area (Å²) in [5.74, 6) is -0.232. The van der Waals surface area contributed by atoms with Gasteiger partial charge >= 0.3 is 15.6 Å². The Kier molecular flexibility index (Phi) is 5.94. The van der Waals surface area contributed by atoms with E-state index in [-0.39, 0.29) is 23.5 Å². The highest BCUT2D eigenvalue weighted by Gasteiger charge is 2.55. The Morgan fingerprint density at radius 3 is 2.63 bits per heavy atom. The minimum atomic E-state index is -5.34. The Hall–Kier alpha value is -1.71. The van der Waals surface area contributed by atoms with Gasteiger partial charge in [-0.3, -0.25) is 18.9 Å². The summed E-state index contributed by atoms with van der Waals surface area (Å²) in [5.41, 5.74) is 3.02. The molecule has 16 nitrogen and oxygen atoms in total. The highest BCUT2D eigenvalue weighted by atomic mass is 31.3. The first kappa shape index (κ1) is 23.0. The number of nitrogen functional groups attached to an aromatic ring is 1. The van der Waals surface area contributed by atoms with E-state index in [1.807, 2.05) is 0 Å². The first-order valence-electron chi connectivity index (χ1n) is 8.31. The summed E-state index contributed by atoms with van der Waals surface area (Å²) in [5, 5.41) is 21.0. The fraction of sp³-hybridized carbons (Fsp3) is 0.583. The van der Waals surface area contributed by atoms with Gasteiger partial charge in [0, 0.05) is 0 Å². The van der Waals surface area contributed by atoms with Gasteiger partial charge in [-0.05, 0) is 6.42 Å².